The highest BCUT2D eigenvalue weighted by Gasteiger charge is 2.06. The number of nitrogens with two attached hydrogens (primary N) is 1. The lowest BCUT2D eigenvalue weighted by atomic mass is 10.2. The van der Waals surface area contributed by atoms with Crippen LogP contribution in [0.1, 0.15) is 10.4 Å². The smallest absolute Gasteiger partial charge is 0.256 e. The molecule has 4 N–H and O–H groups in total. The van der Waals surface area contributed by atoms with Gasteiger partial charge in [-0.05, 0) is 48.5 Å². The van der Waals surface area contributed by atoms with E-state index in [2.05, 4.69) is 20.6 Å². The molecule has 0 bridgehead atoms. The van der Waals surface area contributed by atoms with Crippen molar-refractivity contribution in [1.82, 2.24) is 9.97 Å². The van der Waals surface area contributed by atoms with Crippen molar-refractivity contribution in [2.45, 2.75) is 0 Å². The van der Waals surface area contributed by atoms with Gasteiger partial charge in [0, 0.05) is 29.3 Å². The van der Waals surface area contributed by atoms with Crippen LogP contribution in [0.4, 0.5) is 22.9 Å². The minimum atomic E-state index is -0.229. The number of rotatable bonds is 4. The molecule has 0 aliphatic carbocycles. The van der Waals surface area contributed by atoms with Crippen LogP contribution in [0, 0.1) is 0 Å². The van der Waals surface area contributed by atoms with Gasteiger partial charge in [0.25, 0.3) is 5.91 Å². The fraction of sp³-hybridized carbons (Fsp3) is 0. The average Bonchev–Trinajstić information content (AvgIpc) is 2.58. The van der Waals surface area contributed by atoms with E-state index in [1.54, 1.807) is 48.9 Å². The molecule has 0 spiro atoms. The predicted octanol–water partition coefficient (Wildman–Crippen LogP) is 3.05. The molecular formula is C17H15N5O. The second-order valence-electron chi connectivity index (χ2n) is 4.87. The number of aromatic nitrogens is 2. The summed E-state index contributed by atoms with van der Waals surface area (Å²) in [5.74, 6) is 0.249. The Hall–Kier alpha value is -3.41. The normalized spacial score (nSPS) is 10.1. The third-order valence-corrected chi connectivity index (χ3v) is 3.15. The van der Waals surface area contributed by atoms with Gasteiger partial charge in [-0.2, -0.15) is 0 Å². The Morgan fingerprint density at radius 1 is 0.913 bits per heavy atom. The first kappa shape index (κ1) is 14.5. The summed E-state index contributed by atoms with van der Waals surface area (Å²) >= 11 is 0. The number of benzene rings is 1. The largest absolute Gasteiger partial charge is 0.399 e. The molecule has 0 aliphatic rings. The minimum absolute atomic E-state index is 0.229. The quantitative estimate of drug-likeness (QED) is 0.644. The molecule has 0 aliphatic heterocycles. The Bertz CT molecular complexity index is 785. The molecule has 0 saturated heterocycles. The summed E-state index contributed by atoms with van der Waals surface area (Å²) in [6.07, 6.45) is 5.06. The fourth-order valence-corrected chi connectivity index (χ4v) is 1.97. The van der Waals surface area contributed by atoms with Crippen LogP contribution in [0.15, 0.2) is 67.1 Å². The molecule has 23 heavy (non-hydrogen) atoms. The Labute approximate surface area is 133 Å². The van der Waals surface area contributed by atoms with Crippen molar-refractivity contribution in [2.75, 3.05) is 16.4 Å². The monoisotopic (exact) mass is 305 g/mol. The van der Waals surface area contributed by atoms with Gasteiger partial charge in [0.05, 0.1) is 11.9 Å². The number of hydrogen-bond donors (Lipinski definition) is 3. The molecular weight excluding hydrogens is 290 g/mol. The van der Waals surface area contributed by atoms with Crippen LogP contribution in [-0.4, -0.2) is 15.9 Å². The summed E-state index contributed by atoms with van der Waals surface area (Å²) in [5, 5.41) is 5.93. The van der Waals surface area contributed by atoms with Crippen LogP contribution in [-0.2, 0) is 0 Å². The lowest BCUT2D eigenvalue weighted by Crippen LogP contribution is -2.12. The number of carbonyl (C=O) groups is 1. The minimum Gasteiger partial charge on any atom is -0.399 e. The van der Waals surface area contributed by atoms with Crippen molar-refractivity contribution in [3.05, 3.63) is 72.7 Å². The van der Waals surface area contributed by atoms with E-state index in [0.717, 1.165) is 11.4 Å². The molecule has 3 rings (SSSR count). The second-order valence-corrected chi connectivity index (χ2v) is 4.87. The summed E-state index contributed by atoms with van der Waals surface area (Å²) < 4.78 is 0. The van der Waals surface area contributed by atoms with E-state index >= 15 is 0 Å². The van der Waals surface area contributed by atoms with Gasteiger partial charge in [0.1, 0.15) is 5.82 Å². The maximum atomic E-state index is 12.1. The highest BCUT2D eigenvalue weighted by Crippen LogP contribution is 2.16. The maximum absolute atomic E-state index is 12.1. The highest BCUT2D eigenvalue weighted by atomic mass is 16.1. The first-order valence-electron chi connectivity index (χ1n) is 7.01. The molecule has 0 radical (unpaired) electrons. The van der Waals surface area contributed by atoms with Crippen molar-refractivity contribution in [3.63, 3.8) is 0 Å². The van der Waals surface area contributed by atoms with E-state index in [1.807, 2.05) is 18.2 Å². The van der Waals surface area contributed by atoms with Gasteiger partial charge in [-0.25, -0.2) is 4.98 Å². The highest BCUT2D eigenvalue weighted by molar-refractivity contribution is 6.03. The first-order valence-corrected chi connectivity index (χ1v) is 7.01. The molecule has 6 heteroatoms. The van der Waals surface area contributed by atoms with Crippen LogP contribution >= 0.6 is 0 Å². The van der Waals surface area contributed by atoms with Crippen LogP contribution in [0.3, 0.4) is 0 Å². The molecule has 3 aromatic rings. The number of nitrogens with zero attached hydrogens (tertiary/aromatic N) is 2. The van der Waals surface area contributed by atoms with Crippen molar-refractivity contribution in [1.29, 1.82) is 0 Å². The van der Waals surface area contributed by atoms with Crippen molar-refractivity contribution in [3.8, 4) is 0 Å². The number of anilines is 4. The lowest BCUT2D eigenvalue weighted by molar-refractivity contribution is 0.102. The van der Waals surface area contributed by atoms with Gasteiger partial charge in [0.15, 0.2) is 0 Å². The van der Waals surface area contributed by atoms with Crippen molar-refractivity contribution >= 4 is 28.8 Å². The predicted molar refractivity (Wildman–Crippen MR) is 90.6 cm³/mol. The maximum Gasteiger partial charge on any atom is 0.256 e. The molecule has 0 fully saturated rings. The molecule has 0 atom stereocenters. The van der Waals surface area contributed by atoms with Crippen molar-refractivity contribution < 1.29 is 4.79 Å². The van der Waals surface area contributed by atoms with E-state index in [0.29, 0.717) is 17.1 Å². The van der Waals surface area contributed by atoms with Crippen LogP contribution in [0.25, 0.3) is 0 Å². The van der Waals surface area contributed by atoms with E-state index in [4.69, 9.17) is 5.73 Å². The molecule has 114 valence electrons. The molecule has 2 aromatic heterocycles. The lowest BCUT2D eigenvalue weighted by Gasteiger charge is -2.08. The zero-order chi connectivity index (χ0) is 16.1. The number of nitrogen functional groups attached to an aromatic ring is 1. The van der Waals surface area contributed by atoms with Crippen LogP contribution in [0.5, 0.6) is 0 Å². The van der Waals surface area contributed by atoms with E-state index < -0.39 is 0 Å². The first-order chi connectivity index (χ1) is 11.2. The van der Waals surface area contributed by atoms with E-state index in [-0.39, 0.29) is 5.91 Å². The van der Waals surface area contributed by atoms with Crippen LogP contribution < -0.4 is 16.4 Å². The Morgan fingerprint density at radius 3 is 2.30 bits per heavy atom. The summed E-state index contributed by atoms with van der Waals surface area (Å²) in [5.41, 5.74) is 8.49. The SMILES string of the molecule is Nc1ccc(C(=O)Nc2ccc(Nc3ccncc3)cn2)cc1. The van der Waals surface area contributed by atoms with Crippen LogP contribution in [0.2, 0.25) is 0 Å². The Morgan fingerprint density at radius 2 is 1.65 bits per heavy atom. The summed E-state index contributed by atoms with van der Waals surface area (Å²) in [6, 6.07) is 14.0. The zero-order valence-electron chi connectivity index (χ0n) is 12.2. The van der Waals surface area contributed by atoms with Gasteiger partial charge in [-0.3, -0.25) is 9.78 Å². The summed E-state index contributed by atoms with van der Waals surface area (Å²) in [7, 11) is 0. The summed E-state index contributed by atoms with van der Waals surface area (Å²) in [4.78, 5) is 20.3. The molecule has 1 amide bonds. The molecule has 0 saturated carbocycles. The van der Waals surface area contributed by atoms with Gasteiger partial charge in [0.2, 0.25) is 0 Å². The van der Waals surface area contributed by atoms with Gasteiger partial charge >= 0.3 is 0 Å². The number of nitrogens with one attached hydrogen (secondary N) is 2. The van der Waals surface area contributed by atoms with Gasteiger partial charge < -0.3 is 16.4 Å². The number of hydrogen-bond acceptors (Lipinski definition) is 5. The second kappa shape index (κ2) is 6.57. The number of carbonyl (C=O) groups excluding carboxylic acids is 1. The van der Waals surface area contributed by atoms with E-state index in [1.165, 1.54) is 0 Å². The van der Waals surface area contributed by atoms with Crippen molar-refractivity contribution in [2.24, 2.45) is 0 Å². The molecule has 2 heterocycles. The average molecular weight is 305 g/mol. The molecule has 1 aromatic carbocycles. The van der Waals surface area contributed by atoms with Gasteiger partial charge in [-0.15, -0.1) is 0 Å². The molecule has 6 nitrogen and oxygen atoms in total. The third kappa shape index (κ3) is 3.82. The zero-order valence-corrected chi connectivity index (χ0v) is 12.2. The standard InChI is InChI=1S/C17H15N5O/c18-13-3-1-12(2-4-13)17(23)22-16-6-5-15(11-20-16)21-14-7-9-19-10-8-14/h1-11H,18H2,(H,19,21)(H,20,22,23). The Balaban J connectivity index is 1.65. The Kier molecular flexibility index (Phi) is 4.15. The summed E-state index contributed by atoms with van der Waals surface area (Å²) in [6.45, 7) is 0. The number of pyridine rings is 2. The van der Waals surface area contributed by atoms with Gasteiger partial charge in [-0.1, -0.05) is 0 Å². The topological polar surface area (TPSA) is 92.9 Å². The number of amides is 1. The fourth-order valence-electron chi connectivity index (χ4n) is 1.97. The van der Waals surface area contributed by atoms with E-state index in [9.17, 15) is 4.79 Å². The molecule has 0 unspecified atom stereocenters. The third-order valence-electron chi connectivity index (χ3n) is 3.15.